The fraction of sp³-hybridized carbons (Fsp3) is 0.0370. The highest BCUT2D eigenvalue weighted by molar-refractivity contribution is 7.92. The smallest absolute Gasteiger partial charge is 0.269 e. The van der Waals surface area contributed by atoms with Crippen molar-refractivity contribution in [3.8, 4) is 0 Å². The van der Waals surface area contributed by atoms with Crippen molar-refractivity contribution in [3.05, 3.63) is 109 Å². The number of thiocarbonyl (C=S) groups is 1. The SMILES string of the molecule is O=C1C(N=Nc2ccc(S(=O)(=O)Nc3ccccn3)cc2)C(=O)N(c2ccccc2)C(=S)N1c1ccccc1. The Labute approximate surface area is 229 Å². The van der Waals surface area contributed by atoms with Crippen LogP contribution in [0.5, 0.6) is 0 Å². The van der Waals surface area contributed by atoms with Gasteiger partial charge in [-0.15, -0.1) is 0 Å². The highest BCUT2D eigenvalue weighted by Gasteiger charge is 2.45. The highest BCUT2D eigenvalue weighted by Crippen LogP contribution is 2.28. The number of benzene rings is 3. The summed E-state index contributed by atoms with van der Waals surface area (Å²) < 4.78 is 27.7. The van der Waals surface area contributed by atoms with E-state index in [0.717, 1.165) is 0 Å². The number of sulfonamides is 1. The average Bonchev–Trinajstić information content (AvgIpc) is 2.95. The van der Waals surface area contributed by atoms with Gasteiger partial charge < -0.3 is 0 Å². The first-order valence-electron chi connectivity index (χ1n) is 11.6. The minimum Gasteiger partial charge on any atom is -0.271 e. The summed E-state index contributed by atoms with van der Waals surface area (Å²) in [4.78, 5) is 33.3. The van der Waals surface area contributed by atoms with Crippen LogP contribution in [0.1, 0.15) is 0 Å². The van der Waals surface area contributed by atoms with E-state index in [-0.39, 0.29) is 21.5 Å². The molecule has 0 spiro atoms. The van der Waals surface area contributed by atoms with E-state index in [1.807, 2.05) is 0 Å². The molecule has 1 fully saturated rings. The second kappa shape index (κ2) is 10.9. The number of rotatable bonds is 7. The first-order chi connectivity index (χ1) is 18.8. The first-order valence-corrected chi connectivity index (χ1v) is 13.5. The van der Waals surface area contributed by atoms with Crippen molar-refractivity contribution < 1.29 is 18.0 Å². The number of hydrogen-bond donors (Lipinski definition) is 1. The van der Waals surface area contributed by atoms with Crippen molar-refractivity contribution in [2.24, 2.45) is 10.2 Å². The minimum atomic E-state index is -3.89. The molecule has 2 heterocycles. The van der Waals surface area contributed by atoms with Crippen molar-refractivity contribution in [1.82, 2.24) is 4.98 Å². The van der Waals surface area contributed by atoms with Gasteiger partial charge in [0.25, 0.3) is 21.8 Å². The number of pyridine rings is 1. The van der Waals surface area contributed by atoms with E-state index in [2.05, 4.69) is 19.9 Å². The van der Waals surface area contributed by atoms with Crippen molar-refractivity contribution in [2.75, 3.05) is 14.5 Å². The molecule has 194 valence electrons. The molecule has 39 heavy (non-hydrogen) atoms. The molecule has 0 atom stereocenters. The van der Waals surface area contributed by atoms with Gasteiger partial charge in [0, 0.05) is 6.20 Å². The normalized spacial score (nSPS) is 14.7. The largest absolute Gasteiger partial charge is 0.271 e. The van der Waals surface area contributed by atoms with Crippen LogP contribution in [-0.2, 0) is 19.6 Å². The van der Waals surface area contributed by atoms with Gasteiger partial charge in [-0.3, -0.25) is 24.1 Å². The molecule has 4 aromatic rings. The monoisotopic (exact) mass is 556 g/mol. The number of para-hydroxylation sites is 2. The second-order valence-corrected chi connectivity index (χ2v) is 10.3. The van der Waals surface area contributed by atoms with Crippen LogP contribution < -0.4 is 14.5 Å². The molecule has 0 unspecified atom stereocenters. The zero-order valence-corrected chi connectivity index (χ0v) is 21.8. The predicted octanol–water partition coefficient (Wildman–Crippen LogP) is 4.70. The number of aromatic nitrogens is 1. The number of azo groups is 1. The van der Waals surface area contributed by atoms with Crippen LogP contribution in [0.4, 0.5) is 22.9 Å². The molecule has 10 nitrogen and oxygen atoms in total. The summed E-state index contributed by atoms with van der Waals surface area (Å²) in [5, 5.41) is 8.15. The number of carbonyl (C=O) groups is 2. The third-order valence-electron chi connectivity index (χ3n) is 5.66. The second-order valence-electron chi connectivity index (χ2n) is 8.23. The van der Waals surface area contributed by atoms with Crippen molar-refractivity contribution >= 4 is 62.0 Å². The van der Waals surface area contributed by atoms with Gasteiger partial charge >= 0.3 is 0 Å². The molecule has 1 aliphatic rings. The Kier molecular flexibility index (Phi) is 7.21. The molecular weight excluding hydrogens is 536 g/mol. The van der Waals surface area contributed by atoms with Crippen LogP contribution in [-0.4, -0.2) is 36.4 Å². The summed E-state index contributed by atoms with van der Waals surface area (Å²) >= 11 is 5.56. The quantitative estimate of drug-likeness (QED) is 0.200. The molecule has 3 aromatic carbocycles. The summed E-state index contributed by atoms with van der Waals surface area (Å²) in [6.07, 6.45) is 1.47. The standard InChI is InChI=1S/C27H20N6O4S2/c34-25-24(30-29-19-14-16-22(17-15-19)39(36,37)31-23-13-7-8-18-28-23)26(35)33(21-11-5-2-6-12-21)27(38)32(25)20-9-3-1-4-10-20/h1-18,24H,(H,28,31). The fourth-order valence-electron chi connectivity index (χ4n) is 3.80. The molecule has 5 rings (SSSR count). The van der Waals surface area contributed by atoms with E-state index in [1.165, 1.54) is 46.3 Å². The molecule has 12 heteroatoms. The fourth-order valence-corrected chi connectivity index (χ4v) is 5.20. The van der Waals surface area contributed by atoms with Crippen molar-refractivity contribution in [2.45, 2.75) is 10.9 Å². The van der Waals surface area contributed by atoms with Gasteiger partial charge in [-0.05, 0) is 72.9 Å². The van der Waals surface area contributed by atoms with Crippen LogP contribution in [0.25, 0.3) is 0 Å². The summed E-state index contributed by atoms with van der Waals surface area (Å²) in [6.45, 7) is 0. The summed E-state index contributed by atoms with van der Waals surface area (Å²) in [6, 6.07) is 26.3. The molecule has 0 saturated carbocycles. The van der Waals surface area contributed by atoms with Gasteiger partial charge in [-0.2, -0.15) is 10.2 Å². The average molecular weight is 557 g/mol. The molecule has 0 radical (unpaired) electrons. The summed E-state index contributed by atoms with van der Waals surface area (Å²) in [5.41, 5.74) is 1.21. The molecule has 2 amide bonds. The van der Waals surface area contributed by atoms with Crippen molar-refractivity contribution in [3.63, 3.8) is 0 Å². The van der Waals surface area contributed by atoms with E-state index in [4.69, 9.17) is 12.2 Å². The topological polar surface area (TPSA) is 124 Å². The lowest BCUT2D eigenvalue weighted by Crippen LogP contribution is -2.62. The molecule has 1 aromatic heterocycles. The van der Waals surface area contributed by atoms with Gasteiger partial charge in [0.05, 0.1) is 22.0 Å². The minimum absolute atomic E-state index is 0.00353. The van der Waals surface area contributed by atoms with E-state index in [9.17, 15) is 18.0 Å². The van der Waals surface area contributed by atoms with E-state index in [0.29, 0.717) is 11.4 Å². The third-order valence-corrected chi connectivity index (χ3v) is 7.40. The Bertz CT molecular complexity index is 1590. The molecule has 1 aliphatic heterocycles. The number of amides is 2. The summed E-state index contributed by atoms with van der Waals surface area (Å²) in [7, 11) is -3.89. The lowest BCUT2D eigenvalue weighted by Gasteiger charge is -2.37. The Morgan fingerprint density at radius 1 is 0.744 bits per heavy atom. The number of hydrogen-bond acceptors (Lipinski definition) is 8. The predicted molar refractivity (Wildman–Crippen MR) is 150 cm³/mol. The zero-order valence-electron chi connectivity index (χ0n) is 20.2. The Morgan fingerprint density at radius 2 is 1.28 bits per heavy atom. The number of nitrogens with zero attached hydrogens (tertiary/aromatic N) is 5. The third kappa shape index (κ3) is 5.42. The van der Waals surface area contributed by atoms with Crippen molar-refractivity contribution in [1.29, 1.82) is 0 Å². The molecule has 1 saturated heterocycles. The van der Waals surface area contributed by atoms with Crippen LogP contribution in [0.2, 0.25) is 0 Å². The maximum atomic E-state index is 13.4. The van der Waals surface area contributed by atoms with Gasteiger partial charge in [-0.1, -0.05) is 42.5 Å². The van der Waals surface area contributed by atoms with Gasteiger partial charge in [0.15, 0.2) is 5.11 Å². The number of carbonyl (C=O) groups excluding carboxylic acids is 2. The maximum absolute atomic E-state index is 13.4. The number of anilines is 3. The molecule has 0 aliphatic carbocycles. The number of nitrogens with one attached hydrogen (secondary N) is 1. The van der Waals surface area contributed by atoms with Crippen LogP contribution in [0.15, 0.2) is 124 Å². The van der Waals surface area contributed by atoms with E-state index < -0.39 is 27.9 Å². The van der Waals surface area contributed by atoms with E-state index >= 15 is 0 Å². The Hall–Kier alpha value is -4.81. The lowest BCUT2D eigenvalue weighted by atomic mass is 10.1. The van der Waals surface area contributed by atoms with E-state index in [1.54, 1.807) is 72.8 Å². The zero-order chi connectivity index (χ0) is 27.4. The highest BCUT2D eigenvalue weighted by atomic mass is 32.2. The molecule has 1 N–H and O–H groups in total. The molecular formula is C27H20N6O4S2. The van der Waals surface area contributed by atoms with Crippen LogP contribution >= 0.6 is 12.2 Å². The maximum Gasteiger partial charge on any atom is 0.269 e. The van der Waals surface area contributed by atoms with Crippen LogP contribution in [0, 0.1) is 0 Å². The van der Waals surface area contributed by atoms with Gasteiger partial charge in [0.2, 0.25) is 6.04 Å². The molecule has 0 bridgehead atoms. The van der Waals surface area contributed by atoms with Gasteiger partial charge in [-0.25, -0.2) is 13.4 Å². The van der Waals surface area contributed by atoms with Gasteiger partial charge in [0.1, 0.15) is 5.82 Å². The lowest BCUT2D eigenvalue weighted by molar-refractivity contribution is -0.128. The van der Waals surface area contributed by atoms with Crippen LogP contribution in [0.3, 0.4) is 0 Å². The Morgan fingerprint density at radius 3 is 1.79 bits per heavy atom. The summed E-state index contributed by atoms with van der Waals surface area (Å²) in [5.74, 6) is -1.11. The first kappa shape index (κ1) is 25.8. The Balaban J connectivity index is 1.43.